The number of aromatic amines is 1. The van der Waals surface area contributed by atoms with Crippen LogP contribution >= 0.6 is 11.8 Å². The fourth-order valence-corrected chi connectivity index (χ4v) is 2.65. The van der Waals surface area contributed by atoms with Crippen LogP contribution in [0.25, 0.3) is 22.8 Å². The van der Waals surface area contributed by atoms with E-state index >= 15 is 0 Å². The van der Waals surface area contributed by atoms with Gasteiger partial charge in [0.05, 0.1) is 5.69 Å². The molecule has 3 rings (SSSR count). The van der Waals surface area contributed by atoms with Crippen molar-refractivity contribution in [1.29, 1.82) is 0 Å². The van der Waals surface area contributed by atoms with Crippen molar-refractivity contribution in [2.75, 3.05) is 6.26 Å². The van der Waals surface area contributed by atoms with Crippen molar-refractivity contribution in [3.8, 4) is 22.8 Å². The summed E-state index contributed by atoms with van der Waals surface area (Å²) in [5.41, 5.74) is 3.84. The van der Waals surface area contributed by atoms with Crippen molar-refractivity contribution in [2.45, 2.75) is 11.8 Å². The fourth-order valence-electron chi connectivity index (χ4n) is 2.09. The molecule has 0 saturated heterocycles. The molecule has 0 saturated carbocycles. The average Bonchev–Trinajstić information content (AvgIpc) is 2.90. The number of nitrogens with zero attached hydrogens (tertiary/aromatic N) is 3. The Bertz CT molecular complexity index is 722. The van der Waals surface area contributed by atoms with Crippen LogP contribution < -0.4 is 0 Å². The number of nitrogens with one attached hydrogen (secondary N) is 1. The summed E-state index contributed by atoms with van der Waals surface area (Å²) in [6.07, 6.45) is 7.41. The standard InChI is InChI=1S/C15H14N4S/c1-10-13(11-5-3-7-16-9-11)19-15(18-10)14-12(20-2)6-4-8-17-14/h3-9H,1-2H3,(H,18,19). The van der Waals surface area contributed by atoms with Gasteiger partial charge in [-0.1, -0.05) is 0 Å². The highest BCUT2D eigenvalue weighted by Gasteiger charge is 2.13. The molecule has 3 aromatic heterocycles. The van der Waals surface area contributed by atoms with Crippen LogP contribution in [0.3, 0.4) is 0 Å². The third kappa shape index (κ3) is 2.32. The predicted octanol–water partition coefficient (Wildman–Crippen LogP) is 3.56. The SMILES string of the molecule is CSc1cccnc1-c1nc(-c2cccnc2)c(C)[nH]1. The van der Waals surface area contributed by atoms with E-state index < -0.39 is 0 Å². The first-order valence-corrected chi connectivity index (χ1v) is 7.48. The molecule has 0 fully saturated rings. The minimum atomic E-state index is 0.798. The van der Waals surface area contributed by atoms with Gasteiger partial charge in [-0.25, -0.2) is 4.98 Å². The predicted molar refractivity (Wildman–Crippen MR) is 81.6 cm³/mol. The maximum Gasteiger partial charge on any atom is 0.158 e. The molecule has 0 aliphatic heterocycles. The van der Waals surface area contributed by atoms with E-state index in [0.29, 0.717) is 0 Å². The number of aromatic nitrogens is 4. The van der Waals surface area contributed by atoms with Crippen LogP contribution in [0.4, 0.5) is 0 Å². The van der Waals surface area contributed by atoms with Gasteiger partial charge >= 0.3 is 0 Å². The van der Waals surface area contributed by atoms with Gasteiger partial charge in [0, 0.05) is 34.7 Å². The molecule has 0 spiro atoms. The highest BCUT2D eigenvalue weighted by Crippen LogP contribution is 2.29. The molecule has 0 unspecified atom stereocenters. The lowest BCUT2D eigenvalue weighted by molar-refractivity contribution is 1.16. The second kappa shape index (κ2) is 5.46. The lowest BCUT2D eigenvalue weighted by Gasteiger charge is -2.01. The van der Waals surface area contributed by atoms with E-state index in [1.54, 1.807) is 24.2 Å². The third-order valence-electron chi connectivity index (χ3n) is 3.03. The van der Waals surface area contributed by atoms with Crippen LogP contribution in [0.1, 0.15) is 5.69 Å². The zero-order chi connectivity index (χ0) is 13.9. The highest BCUT2D eigenvalue weighted by atomic mass is 32.2. The normalized spacial score (nSPS) is 10.7. The Morgan fingerprint density at radius 1 is 1.10 bits per heavy atom. The molecule has 4 nitrogen and oxygen atoms in total. The van der Waals surface area contributed by atoms with Crippen molar-refractivity contribution < 1.29 is 0 Å². The summed E-state index contributed by atoms with van der Waals surface area (Å²) in [5.74, 6) is 0.798. The van der Waals surface area contributed by atoms with Crippen LogP contribution in [-0.4, -0.2) is 26.2 Å². The Morgan fingerprint density at radius 3 is 2.70 bits per heavy atom. The van der Waals surface area contributed by atoms with E-state index in [2.05, 4.69) is 26.0 Å². The summed E-state index contributed by atoms with van der Waals surface area (Å²) in [6.45, 7) is 2.01. The van der Waals surface area contributed by atoms with E-state index in [0.717, 1.165) is 33.4 Å². The molecule has 20 heavy (non-hydrogen) atoms. The van der Waals surface area contributed by atoms with Crippen LogP contribution in [0.15, 0.2) is 47.8 Å². The number of pyridine rings is 2. The van der Waals surface area contributed by atoms with Crippen molar-refractivity contribution in [2.24, 2.45) is 0 Å². The van der Waals surface area contributed by atoms with Gasteiger partial charge in [0.1, 0.15) is 5.69 Å². The van der Waals surface area contributed by atoms with E-state index in [4.69, 9.17) is 0 Å². The van der Waals surface area contributed by atoms with Gasteiger partial charge in [-0.15, -0.1) is 11.8 Å². The number of rotatable bonds is 3. The van der Waals surface area contributed by atoms with Crippen LogP contribution in [0, 0.1) is 6.92 Å². The average molecular weight is 282 g/mol. The molecule has 0 bridgehead atoms. The molecule has 0 aliphatic rings. The minimum absolute atomic E-state index is 0.798. The largest absolute Gasteiger partial charge is 0.340 e. The molecule has 5 heteroatoms. The van der Waals surface area contributed by atoms with Gasteiger partial charge in [-0.05, 0) is 37.4 Å². The minimum Gasteiger partial charge on any atom is -0.340 e. The lowest BCUT2D eigenvalue weighted by Crippen LogP contribution is -1.88. The zero-order valence-electron chi connectivity index (χ0n) is 11.3. The molecular weight excluding hydrogens is 268 g/mol. The quantitative estimate of drug-likeness (QED) is 0.746. The summed E-state index contributed by atoms with van der Waals surface area (Å²) < 4.78 is 0. The topological polar surface area (TPSA) is 54.5 Å². The van der Waals surface area contributed by atoms with Gasteiger partial charge in [0.15, 0.2) is 5.82 Å². The summed E-state index contributed by atoms with van der Waals surface area (Å²) in [6, 6.07) is 7.91. The van der Waals surface area contributed by atoms with Gasteiger partial charge in [0.2, 0.25) is 0 Å². The number of hydrogen-bond donors (Lipinski definition) is 1. The monoisotopic (exact) mass is 282 g/mol. The van der Waals surface area contributed by atoms with Gasteiger partial charge in [0.25, 0.3) is 0 Å². The Hall–Kier alpha value is -2.14. The molecule has 1 N–H and O–H groups in total. The Kier molecular flexibility index (Phi) is 3.52. The molecule has 0 radical (unpaired) electrons. The van der Waals surface area contributed by atoms with E-state index in [1.807, 2.05) is 37.6 Å². The summed E-state index contributed by atoms with van der Waals surface area (Å²) in [4.78, 5) is 17.7. The molecule has 100 valence electrons. The second-order valence-corrected chi connectivity index (χ2v) is 5.20. The lowest BCUT2D eigenvalue weighted by atomic mass is 10.2. The van der Waals surface area contributed by atoms with Gasteiger partial charge in [-0.2, -0.15) is 0 Å². The van der Waals surface area contributed by atoms with Crippen molar-refractivity contribution >= 4 is 11.8 Å². The summed E-state index contributed by atoms with van der Waals surface area (Å²) in [7, 11) is 0. The maximum absolute atomic E-state index is 4.69. The van der Waals surface area contributed by atoms with Gasteiger partial charge < -0.3 is 4.98 Å². The molecule has 3 aromatic rings. The number of aryl methyl sites for hydroxylation is 1. The van der Waals surface area contributed by atoms with Crippen molar-refractivity contribution in [3.05, 3.63) is 48.5 Å². The first-order chi connectivity index (χ1) is 9.79. The maximum atomic E-state index is 4.69. The van der Waals surface area contributed by atoms with E-state index in [9.17, 15) is 0 Å². The second-order valence-electron chi connectivity index (χ2n) is 4.35. The number of imidazole rings is 1. The van der Waals surface area contributed by atoms with Gasteiger partial charge in [-0.3, -0.25) is 9.97 Å². The van der Waals surface area contributed by atoms with Crippen LogP contribution in [0.2, 0.25) is 0 Å². The third-order valence-corrected chi connectivity index (χ3v) is 3.80. The van der Waals surface area contributed by atoms with Crippen molar-refractivity contribution in [3.63, 3.8) is 0 Å². The van der Waals surface area contributed by atoms with Crippen LogP contribution in [-0.2, 0) is 0 Å². The van der Waals surface area contributed by atoms with E-state index in [-0.39, 0.29) is 0 Å². The number of H-pyrrole nitrogens is 1. The Labute approximate surface area is 121 Å². The summed E-state index contributed by atoms with van der Waals surface area (Å²) in [5, 5.41) is 0. The number of hydrogen-bond acceptors (Lipinski definition) is 4. The van der Waals surface area contributed by atoms with Crippen LogP contribution in [0.5, 0.6) is 0 Å². The molecule has 0 atom stereocenters. The summed E-state index contributed by atoms with van der Waals surface area (Å²) >= 11 is 1.67. The Morgan fingerprint density at radius 2 is 1.95 bits per heavy atom. The van der Waals surface area contributed by atoms with E-state index in [1.165, 1.54) is 0 Å². The molecule has 0 amide bonds. The Balaban J connectivity index is 2.09. The fraction of sp³-hybridized carbons (Fsp3) is 0.133. The molecule has 0 aliphatic carbocycles. The molecular formula is C15H14N4S. The number of thioether (sulfide) groups is 1. The van der Waals surface area contributed by atoms with Crippen molar-refractivity contribution in [1.82, 2.24) is 19.9 Å². The first-order valence-electron chi connectivity index (χ1n) is 6.26. The molecule has 3 heterocycles. The highest BCUT2D eigenvalue weighted by molar-refractivity contribution is 7.98. The smallest absolute Gasteiger partial charge is 0.158 e. The molecule has 0 aromatic carbocycles. The zero-order valence-corrected chi connectivity index (χ0v) is 12.1. The first kappa shape index (κ1) is 12.9.